The Kier molecular flexibility index (Phi) is 6.26. The average molecular weight is 283 g/mol. The number of likely N-dealkylation sites (tertiary alicyclic amines) is 1. The Morgan fingerprint density at radius 3 is 2.70 bits per heavy atom. The predicted molar refractivity (Wildman–Crippen MR) is 79.4 cm³/mol. The van der Waals surface area contributed by atoms with Gasteiger partial charge in [0.15, 0.2) is 0 Å². The first-order valence-electron chi connectivity index (χ1n) is 7.98. The van der Waals surface area contributed by atoms with Gasteiger partial charge < -0.3 is 20.7 Å². The van der Waals surface area contributed by atoms with Gasteiger partial charge in [-0.2, -0.15) is 0 Å². The minimum absolute atomic E-state index is 0.139. The van der Waals surface area contributed by atoms with Crippen molar-refractivity contribution >= 4 is 5.91 Å². The Bertz CT molecular complexity index is 303. The Hall–Kier alpha value is -0.650. The standard InChI is InChI=1S/C15H29N3O2/c1-18-8-5-14(6-9-18)20-10-2-7-17-15(19)12-3-4-13(16)11-12/h12-14H,2-11,16H2,1H3,(H,17,19)/t12-,13+/m0/s1. The third-order valence-electron chi connectivity index (χ3n) is 4.48. The van der Waals surface area contributed by atoms with Crippen LogP contribution >= 0.6 is 0 Å². The summed E-state index contributed by atoms with van der Waals surface area (Å²) in [6, 6.07) is 0.221. The van der Waals surface area contributed by atoms with E-state index in [4.69, 9.17) is 10.5 Å². The molecule has 0 bridgehead atoms. The summed E-state index contributed by atoms with van der Waals surface area (Å²) in [5, 5.41) is 3.01. The van der Waals surface area contributed by atoms with E-state index in [1.54, 1.807) is 0 Å². The lowest BCUT2D eigenvalue weighted by molar-refractivity contribution is -0.124. The molecule has 2 atom stereocenters. The van der Waals surface area contributed by atoms with E-state index in [2.05, 4.69) is 17.3 Å². The molecule has 5 heteroatoms. The molecule has 0 aromatic rings. The molecule has 0 aromatic carbocycles. The van der Waals surface area contributed by atoms with Crippen LogP contribution in [0, 0.1) is 5.92 Å². The highest BCUT2D eigenvalue weighted by molar-refractivity contribution is 5.78. The number of ether oxygens (including phenoxy) is 1. The van der Waals surface area contributed by atoms with Crippen molar-refractivity contribution in [3.63, 3.8) is 0 Å². The van der Waals surface area contributed by atoms with E-state index in [1.165, 1.54) is 0 Å². The van der Waals surface area contributed by atoms with E-state index in [0.717, 1.165) is 64.8 Å². The normalized spacial score (nSPS) is 28.7. The Morgan fingerprint density at radius 1 is 1.30 bits per heavy atom. The maximum absolute atomic E-state index is 11.9. The van der Waals surface area contributed by atoms with Gasteiger partial charge in [-0.3, -0.25) is 4.79 Å². The summed E-state index contributed by atoms with van der Waals surface area (Å²) in [4.78, 5) is 14.2. The van der Waals surface area contributed by atoms with Gasteiger partial charge in [-0.25, -0.2) is 0 Å². The summed E-state index contributed by atoms with van der Waals surface area (Å²) in [5.41, 5.74) is 5.83. The van der Waals surface area contributed by atoms with Gasteiger partial charge in [0.05, 0.1) is 6.10 Å². The minimum atomic E-state index is 0.139. The van der Waals surface area contributed by atoms with Crippen LogP contribution in [0.25, 0.3) is 0 Å². The second kappa shape index (κ2) is 7.96. The second-order valence-corrected chi connectivity index (χ2v) is 6.29. The number of hydrogen-bond donors (Lipinski definition) is 2. The van der Waals surface area contributed by atoms with Crippen LogP contribution in [0.5, 0.6) is 0 Å². The van der Waals surface area contributed by atoms with Gasteiger partial charge in [-0.1, -0.05) is 0 Å². The van der Waals surface area contributed by atoms with Gasteiger partial charge in [-0.15, -0.1) is 0 Å². The third-order valence-corrected chi connectivity index (χ3v) is 4.48. The highest BCUT2D eigenvalue weighted by atomic mass is 16.5. The first kappa shape index (κ1) is 15.7. The van der Waals surface area contributed by atoms with Crippen LogP contribution < -0.4 is 11.1 Å². The molecule has 1 heterocycles. The van der Waals surface area contributed by atoms with Crippen LogP contribution in [0.15, 0.2) is 0 Å². The topological polar surface area (TPSA) is 67.6 Å². The van der Waals surface area contributed by atoms with Gasteiger partial charge >= 0.3 is 0 Å². The fourth-order valence-electron chi connectivity index (χ4n) is 3.08. The largest absolute Gasteiger partial charge is 0.378 e. The predicted octanol–water partition coefficient (Wildman–Crippen LogP) is 0.731. The van der Waals surface area contributed by atoms with Crippen LogP contribution in [0.1, 0.15) is 38.5 Å². The van der Waals surface area contributed by atoms with E-state index >= 15 is 0 Å². The zero-order valence-corrected chi connectivity index (χ0v) is 12.6. The Balaban J connectivity index is 1.48. The van der Waals surface area contributed by atoms with Crippen LogP contribution in [-0.4, -0.2) is 56.2 Å². The average Bonchev–Trinajstić information content (AvgIpc) is 2.87. The van der Waals surface area contributed by atoms with Gasteiger partial charge in [0.1, 0.15) is 0 Å². The van der Waals surface area contributed by atoms with Crippen molar-refractivity contribution in [1.29, 1.82) is 0 Å². The van der Waals surface area contributed by atoms with Gasteiger partial charge in [0.25, 0.3) is 0 Å². The van der Waals surface area contributed by atoms with E-state index in [0.29, 0.717) is 6.10 Å². The molecule has 0 unspecified atom stereocenters. The molecule has 5 nitrogen and oxygen atoms in total. The number of rotatable bonds is 6. The Labute approximate surface area is 122 Å². The zero-order chi connectivity index (χ0) is 14.4. The molecule has 1 aliphatic carbocycles. The summed E-state index contributed by atoms with van der Waals surface area (Å²) < 4.78 is 5.86. The van der Waals surface area contributed by atoms with E-state index in [9.17, 15) is 4.79 Å². The molecule has 20 heavy (non-hydrogen) atoms. The molecule has 0 aromatic heterocycles. The first-order valence-corrected chi connectivity index (χ1v) is 7.98. The summed E-state index contributed by atoms with van der Waals surface area (Å²) >= 11 is 0. The molecule has 116 valence electrons. The summed E-state index contributed by atoms with van der Waals surface area (Å²) in [6.07, 6.45) is 6.34. The lowest BCUT2D eigenvalue weighted by Gasteiger charge is -2.28. The molecule has 3 N–H and O–H groups in total. The summed E-state index contributed by atoms with van der Waals surface area (Å²) in [5.74, 6) is 0.317. The number of carbonyl (C=O) groups is 1. The number of amides is 1. The van der Waals surface area contributed by atoms with Crippen molar-refractivity contribution in [2.45, 2.75) is 50.7 Å². The number of nitrogens with one attached hydrogen (secondary N) is 1. The van der Waals surface area contributed by atoms with E-state index < -0.39 is 0 Å². The highest BCUT2D eigenvalue weighted by Crippen LogP contribution is 2.23. The van der Waals surface area contributed by atoms with Crippen molar-refractivity contribution < 1.29 is 9.53 Å². The molecule has 2 rings (SSSR count). The zero-order valence-electron chi connectivity index (χ0n) is 12.6. The molecule has 1 amide bonds. The van der Waals surface area contributed by atoms with Gasteiger partial charge in [0, 0.05) is 38.2 Å². The number of nitrogens with zero attached hydrogens (tertiary/aromatic N) is 1. The smallest absolute Gasteiger partial charge is 0.223 e. The molecule has 1 aliphatic heterocycles. The number of nitrogens with two attached hydrogens (primary N) is 1. The van der Waals surface area contributed by atoms with Crippen molar-refractivity contribution in [2.24, 2.45) is 11.7 Å². The summed E-state index contributed by atoms with van der Waals surface area (Å²) in [6.45, 7) is 3.72. The molecule has 2 fully saturated rings. The molecule has 0 radical (unpaired) electrons. The molecule has 2 aliphatic rings. The number of piperidine rings is 1. The SMILES string of the molecule is CN1CCC(OCCCNC(=O)[C@H]2CC[C@@H](N)C2)CC1. The number of carbonyl (C=O) groups excluding carboxylic acids is 1. The van der Waals surface area contributed by atoms with E-state index in [-0.39, 0.29) is 17.9 Å². The lowest BCUT2D eigenvalue weighted by Crippen LogP contribution is -2.35. The molecule has 1 saturated carbocycles. The van der Waals surface area contributed by atoms with Crippen molar-refractivity contribution in [2.75, 3.05) is 33.3 Å². The van der Waals surface area contributed by atoms with E-state index in [1.807, 2.05) is 0 Å². The lowest BCUT2D eigenvalue weighted by atomic mass is 10.1. The minimum Gasteiger partial charge on any atom is -0.378 e. The first-order chi connectivity index (χ1) is 9.65. The molecule has 1 saturated heterocycles. The summed E-state index contributed by atoms with van der Waals surface area (Å²) in [7, 11) is 2.15. The third kappa shape index (κ3) is 5.04. The Morgan fingerprint density at radius 2 is 2.05 bits per heavy atom. The fraction of sp³-hybridized carbons (Fsp3) is 0.933. The van der Waals surface area contributed by atoms with Crippen molar-refractivity contribution in [1.82, 2.24) is 10.2 Å². The maximum atomic E-state index is 11.9. The molecule has 0 spiro atoms. The monoisotopic (exact) mass is 283 g/mol. The molecular formula is C15H29N3O2. The van der Waals surface area contributed by atoms with Crippen molar-refractivity contribution in [3.8, 4) is 0 Å². The quantitative estimate of drug-likeness (QED) is 0.705. The maximum Gasteiger partial charge on any atom is 0.223 e. The van der Waals surface area contributed by atoms with Crippen LogP contribution in [-0.2, 0) is 9.53 Å². The van der Waals surface area contributed by atoms with Gasteiger partial charge in [-0.05, 0) is 45.6 Å². The van der Waals surface area contributed by atoms with Crippen LogP contribution in [0.2, 0.25) is 0 Å². The van der Waals surface area contributed by atoms with Crippen LogP contribution in [0.4, 0.5) is 0 Å². The highest BCUT2D eigenvalue weighted by Gasteiger charge is 2.27. The van der Waals surface area contributed by atoms with Crippen LogP contribution in [0.3, 0.4) is 0 Å². The van der Waals surface area contributed by atoms with Gasteiger partial charge in [0.2, 0.25) is 5.91 Å². The fourth-order valence-corrected chi connectivity index (χ4v) is 3.08. The van der Waals surface area contributed by atoms with Crippen molar-refractivity contribution in [3.05, 3.63) is 0 Å². The molecular weight excluding hydrogens is 254 g/mol. The second-order valence-electron chi connectivity index (χ2n) is 6.29. The number of hydrogen-bond acceptors (Lipinski definition) is 4.